The fraction of sp³-hybridized carbons (Fsp3) is 0.500. The molecule has 1 saturated carbocycles. The van der Waals surface area contributed by atoms with Gasteiger partial charge in [0.25, 0.3) is 0 Å². The van der Waals surface area contributed by atoms with Crippen molar-refractivity contribution in [3.63, 3.8) is 0 Å². The number of rotatable bonds is 7. The first kappa shape index (κ1) is 19.9. The summed E-state index contributed by atoms with van der Waals surface area (Å²) in [4.78, 5) is 21.5. The van der Waals surface area contributed by atoms with Crippen LogP contribution < -0.4 is 4.74 Å². The summed E-state index contributed by atoms with van der Waals surface area (Å²) >= 11 is 0. The van der Waals surface area contributed by atoms with Crippen molar-refractivity contribution in [2.24, 2.45) is 5.92 Å². The van der Waals surface area contributed by atoms with Gasteiger partial charge in [-0.3, -0.25) is 9.59 Å². The average Bonchev–Trinajstić information content (AvgIpc) is 3.03. The molecule has 1 aromatic rings. The number of unbranched alkanes of at least 4 members (excludes halogenated alkanes) is 1. The Morgan fingerprint density at radius 3 is 2.62 bits per heavy atom. The second-order valence-corrected chi connectivity index (χ2v) is 5.81. The standard InChI is InChI=1S/C12H14O2.C8H14O2/c13-11-7-6-10(8-11)9-14-12-4-2-1-3-5-12;1-3-4-5-6-7-8(9)10-2/h1-5,10H,6-9H2;3-4H,5-7H2,1-2H3/b;4-3-. The molecule has 0 heterocycles. The van der Waals surface area contributed by atoms with E-state index in [0.29, 0.717) is 31.1 Å². The van der Waals surface area contributed by atoms with Crippen molar-refractivity contribution < 1.29 is 19.1 Å². The highest BCUT2D eigenvalue weighted by atomic mass is 16.5. The number of hydrogen-bond donors (Lipinski definition) is 0. The van der Waals surface area contributed by atoms with Gasteiger partial charge in [-0.1, -0.05) is 30.4 Å². The van der Waals surface area contributed by atoms with Crippen LogP contribution in [0.25, 0.3) is 0 Å². The van der Waals surface area contributed by atoms with Crippen molar-refractivity contribution in [1.29, 1.82) is 0 Å². The Morgan fingerprint density at radius 1 is 1.29 bits per heavy atom. The highest BCUT2D eigenvalue weighted by Crippen LogP contribution is 2.22. The number of hydrogen-bond acceptors (Lipinski definition) is 4. The second kappa shape index (κ2) is 12.3. The van der Waals surface area contributed by atoms with E-state index in [1.165, 1.54) is 7.11 Å². The van der Waals surface area contributed by atoms with Crippen LogP contribution in [0.5, 0.6) is 5.75 Å². The van der Waals surface area contributed by atoms with E-state index in [-0.39, 0.29) is 5.97 Å². The topological polar surface area (TPSA) is 52.6 Å². The van der Waals surface area contributed by atoms with E-state index in [9.17, 15) is 9.59 Å². The van der Waals surface area contributed by atoms with Gasteiger partial charge in [-0.15, -0.1) is 0 Å². The van der Waals surface area contributed by atoms with Gasteiger partial charge < -0.3 is 9.47 Å². The molecule has 24 heavy (non-hydrogen) atoms. The molecule has 0 amide bonds. The maximum absolute atomic E-state index is 11.0. The molecule has 0 aromatic heterocycles. The zero-order valence-electron chi connectivity index (χ0n) is 14.7. The fourth-order valence-corrected chi connectivity index (χ4v) is 2.40. The first-order valence-corrected chi connectivity index (χ1v) is 8.53. The van der Waals surface area contributed by atoms with E-state index >= 15 is 0 Å². The van der Waals surface area contributed by atoms with E-state index in [0.717, 1.165) is 31.4 Å². The van der Waals surface area contributed by atoms with Crippen LogP contribution in [0, 0.1) is 5.92 Å². The van der Waals surface area contributed by atoms with Crippen LogP contribution in [0.1, 0.15) is 45.4 Å². The van der Waals surface area contributed by atoms with E-state index < -0.39 is 0 Å². The SMILES string of the molecule is C/C=C\CCCC(=O)OC.O=C1CCC(COc2ccccc2)C1. The quantitative estimate of drug-likeness (QED) is 0.423. The lowest BCUT2D eigenvalue weighted by Crippen LogP contribution is -2.08. The number of ether oxygens (including phenoxy) is 2. The van der Waals surface area contributed by atoms with Gasteiger partial charge in [0, 0.05) is 25.2 Å². The van der Waals surface area contributed by atoms with Crippen LogP contribution in [0.3, 0.4) is 0 Å². The molecule has 1 fully saturated rings. The lowest BCUT2D eigenvalue weighted by atomic mass is 10.1. The minimum atomic E-state index is -0.121. The number of carbonyl (C=O) groups excluding carboxylic acids is 2. The summed E-state index contributed by atoms with van der Waals surface area (Å²) in [5, 5.41) is 0. The minimum Gasteiger partial charge on any atom is -0.493 e. The highest BCUT2D eigenvalue weighted by molar-refractivity contribution is 5.80. The molecule has 1 atom stereocenters. The Balaban J connectivity index is 0.000000257. The van der Waals surface area contributed by atoms with Gasteiger partial charge in [0.1, 0.15) is 11.5 Å². The molecule has 0 radical (unpaired) electrons. The zero-order chi connectivity index (χ0) is 17.6. The highest BCUT2D eigenvalue weighted by Gasteiger charge is 2.22. The fourth-order valence-electron chi connectivity index (χ4n) is 2.40. The Morgan fingerprint density at radius 2 is 2.04 bits per heavy atom. The van der Waals surface area contributed by atoms with Gasteiger partial charge in [0.05, 0.1) is 13.7 Å². The van der Waals surface area contributed by atoms with Gasteiger partial charge in [0.2, 0.25) is 0 Å². The number of allylic oxidation sites excluding steroid dienone is 2. The minimum absolute atomic E-state index is 0.121. The molecule has 1 aliphatic carbocycles. The molecule has 1 aliphatic rings. The summed E-state index contributed by atoms with van der Waals surface area (Å²) in [5.74, 6) is 1.59. The number of carbonyl (C=O) groups is 2. The number of Topliss-reactive ketones (excluding diaryl/α,β-unsaturated/α-hetero) is 1. The predicted molar refractivity (Wildman–Crippen MR) is 95.0 cm³/mol. The second-order valence-electron chi connectivity index (χ2n) is 5.81. The van der Waals surface area contributed by atoms with Crippen LogP contribution in [-0.2, 0) is 14.3 Å². The summed E-state index contributed by atoms with van der Waals surface area (Å²) in [5.41, 5.74) is 0. The smallest absolute Gasteiger partial charge is 0.305 e. The summed E-state index contributed by atoms with van der Waals surface area (Å²) in [6.45, 7) is 2.65. The van der Waals surface area contributed by atoms with Gasteiger partial charge in [-0.25, -0.2) is 0 Å². The molecule has 1 aromatic carbocycles. The van der Waals surface area contributed by atoms with E-state index in [2.05, 4.69) is 4.74 Å². The molecule has 0 bridgehead atoms. The van der Waals surface area contributed by atoms with Gasteiger partial charge in [-0.2, -0.15) is 0 Å². The summed E-state index contributed by atoms with van der Waals surface area (Å²) < 4.78 is 10.1. The van der Waals surface area contributed by atoms with Crippen molar-refractivity contribution in [1.82, 2.24) is 0 Å². The molecule has 132 valence electrons. The average molecular weight is 332 g/mol. The molecular weight excluding hydrogens is 304 g/mol. The molecule has 0 aliphatic heterocycles. The first-order valence-electron chi connectivity index (χ1n) is 8.53. The first-order chi connectivity index (χ1) is 11.7. The molecule has 0 N–H and O–H groups in total. The maximum atomic E-state index is 11.0. The molecule has 0 spiro atoms. The number of benzene rings is 1. The van der Waals surface area contributed by atoms with Crippen LogP contribution in [0.2, 0.25) is 0 Å². The molecule has 1 unspecified atom stereocenters. The monoisotopic (exact) mass is 332 g/mol. The lowest BCUT2D eigenvalue weighted by Gasteiger charge is -2.10. The van der Waals surface area contributed by atoms with Crippen LogP contribution in [-0.4, -0.2) is 25.5 Å². The molecular formula is C20H28O4. The summed E-state index contributed by atoms with van der Waals surface area (Å²) in [6.07, 6.45) is 8.84. The van der Waals surface area contributed by atoms with Crippen molar-refractivity contribution in [3.05, 3.63) is 42.5 Å². The lowest BCUT2D eigenvalue weighted by molar-refractivity contribution is -0.140. The normalized spacial score (nSPS) is 16.6. The molecule has 4 nitrogen and oxygen atoms in total. The van der Waals surface area contributed by atoms with Crippen LogP contribution in [0.4, 0.5) is 0 Å². The van der Waals surface area contributed by atoms with Crippen molar-refractivity contribution in [2.75, 3.05) is 13.7 Å². The van der Waals surface area contributed by atoms with Gasteiger partial charge >= 0.3 is 5.97 Å². The zero-order valence-corrected chi connectivity index (χ0v) is 14.7. The van der Waals surface area contributed by atoms with Gasteiger partial charge in [-0.05, 0) is 38.3 Å². The Bertz CT molecular complexity index is 508. The van der Waals surface area contributed by atoms with E-state index in [1.54, 1.807) is 0 Å². The van der Waals surface area contributed by atoms with Crippen molar-refractivity contribution >= 4 is 11.8 Å². The number of para-hydroxylation sites is 1. The van der Waals surface area contributed by atoms with Crippen molar-refractivity contribution in [2.45, 2.75) is 45.4 Å². The van der Waals surface area contributed by atoms with Crippen LogP contribution >= 0.6 is 0 Å². The van der Waals surface area contributed by atoms with E-state index in [1.807, 2.05) is 49.4 Å². The van der Waals surface area contributed by atoms with Gasteiger partial charge in [0.15, 0.2) is 0 Å². The number of esters is 1. The van der Waals surface area contributed by atoms with E-state index in [4.69, 9.17) is 4.74 Å². The Labute approximate surface area is 144 Å². The Kier molecular flexibility index (Phi) is 10.3. The summed E-state index contributed by atoms with van der Waals surface area (Å²) in [6, 6.07) is 9.75. The van der Waals surface area contributed by atoms with Crippen LogP contribution in [0.15, 0.2) is 42.5 Å². The largest absolute Gasteiger partial charge is 0.493 e. The van der Waals surface area contributed by atoms with Crippen molar-refractivity contribution in [3.8, 4) is 5.75 Å². The third kappa shape index (κ3) is 9.13. The number of ketones is 1. The third-order valence-corrected chi connectivity index (χ3v) is 3.79. The maximum Gasteiger partial charge on any atom is 0.305 e. The third-order valence-electron chi connectivity index (χ3n) is 3.79. The Hall–Kier alpha value is -2.10. The predicted octanol–water partition coefficient (Wildman–Crippen LogP) is 4.34. The summed E-state index contributed by atoms with van der Waals surface area (Å²) in [7, 11) is 1.41. The molecule has 2 rings (SSSR count). The molecule has 4 heteroatoms. The number of methoxy groups -OCH3 is 1. The molecule has 0 saturated heterocycles.